The van der Waals surface area contributed by atoms with Gasteiger partial charge >= 0.3 is 0 Å². The largest absolute Gasteiger partial charge is 0.486 e. The third-order valence-corrected chi connectivity index (χ3v) is 3.62. The minimum atomic E-state index is -0.487. The summed E-state index contributed by atoms with van der Waals surface area (Å²) in [5, 5.41) is 15.0. The van der Waals surface area contributed by atoms with Gasteiger partial charge in [-0.25, -0.2) is 0 Å². The van der Waals surface area contributed by atoms with Crippen molar-refractivity contribution in [2.75, 3.05) is 23.8 Å². The second-order valence-electron chi connectivity index (χ2n) is 5.37. The summed E-state index contributed by atoms with van der Waals surface area (Å²) in [4.78, 5) is 12.3. The first-order valence-corrected chi connectivity index (χ1v) is 7.63. The number of hydrogen-bond donors (Lipinski definition) is 2. The zero-order valence-electron chi connectivity index (χ0n) is 13.2. The summed E-state index contributed by atoms with van der Waals surface area (Å²) >= 11 is 0. The predicted molar refractivity (Wildman–Crippen MR) is 90.3 cm³/mol. The molecule has 6 heteroatoms. The number of carbonyl (C=O) groups excluding carboxylic acids is 1. The van der Waals surface area contributed by atoms with Gasteiger partial charge in [-0.15, -0.1) is 0 Å². The Balaban J connectivity index is 1.67. The number of carbonyl (C=O) groups is 1. The molecule has 2 N–H and O–H groups in total. The van der Waals surface area contributed by atoms with Crippen molar-refractivity contribution < 1.29 is 14.3 Å². The van der Waals surface area contributed by atoms with Crippen LogP contribution in [-0.4, -0.2) is 25.2 Å². The van der Waals surface area contributed by atoms with E-state index in [-0.39, 0.29) is 5.91 Å². The molecule has 0 radical (unpaired) electrons. The second-order valence-corrected chi connectivity index (χ2v) is 5.37. The van der Waals surface area contributed by atoms with Crippen molar-refractivity contribution in [3.63, 3.8) is 0 Å². The molecule has 1 aliphatic rings. The Morgan fingerprint density at radius 1 is 1.17 bits per heavy atom. The minimum Gasteiger partial charge on any atom is -0.486 e. The fourth-order valence-electron chi connectivity index (χ4n) is 2.38. The Labute approximate surface area is 140 Å². The van der Waals surface area contributed by atoms with Crippen LogP contribution < -0.4 is 20.1 Å². The number of hydrogen-bond acceptors (Lipinski definition) is 5. The predicted octanol–water partition coefficient (Wildman–Crippen LogP) is 2.77. The maximum Gasteiger partial charge on any atom is 0.246 e. The van der Waals surface area contributed by atoms with Gasteiger partial charge in [0.25, 0.3) is 0 Å². The Kier molecular flexibility index (Phi) is 4.52. The number of fused-ring (bicyclic) bond motifs is 1. The summed E-state index contributed by atoms with van der Waals surface area (Å²) in [6.45, 7) is 2.80. The van der Waals surface area contributed by atoms with Gasteiger partial charge < -0.3 is 20.1 Å². The van der Waals surface area contributed by atoms with E-state index in [1.54, 1.807) is 31.2 Å². The van der Waals surface area contributed by atoms with Gasteiger partial charge in [0.1, 0.15) is 25.3 Å². The van der Waals surface area contributed by atoms with E-state index in [2.05, 4.69) is 16.7 Å². The second kappa shape index (κ2) is 6.92. The first kappa shape index (κ1) is 15.7. The van der Waals surface area contributed by atoms with Crippen molar-refractivity contribution >= 4 is 17.3 Å². The smallest absolute Gasteiger partial charge is 0.246 e. The molecule has 0 saturated heterocycles. The summed E-state index contributed by atoms with van der Waals surface area (Å²) in [6, 6.07) is 13.9. The molecule has 0 saturated carbocycles. The number of ether oxygens (including phenoxy) is 2. The Morgan fingerprint density at radius 3 is 2.71 bits per heavy atom. The Hall–Kier alpha value is -3.20. The molecule has 122 valence electrons. The van der Waals surface area contributed by atoms with Crippen LogP contribution >= 0.6 is 0 Å². The number of nitrogens with one attached hydrogen (secondary N) is 2. The SMILES string of the molecule is C[C@@H](Nc1ccc2c(c1)OCCO2)C(=O)Nc1ccccc1C#N. The Morgan fingerprint density at radius 2 is 1.92 bits per heavy atom. The van der Waals surface area contributed by atoms with Crippen molar-refractivity contribution in [2.45, 2.75) is 13.0 Å². The highest BCUT2D eigenvalue weighted by atomic mass is 16.6. The Bertz CT molecular complexity index is 798. The highest BCUT2D eigenvalue weighted by molar-refractivity contribution is 5.97. The molecule has 1 amide bonds. The van der Waals surface area contributed by atoms with Crippen LogP contribution in [0.1, 0.15) is 12.5 Å². The van der Waals surface area contributed by atoms with Gasteiger partial charge in [-0.05, 0) is 31.2 Å². The molecule has 2 aromatic carbocycles. The van der Waals surface area contributed by atoms with Crippen LogP contribution in [-0.2, 0) is 4.79 Å². The van der Waals surface area contributed by atoms with Crippen LogP contribution in [0, 0.1) is 11.3 Å². The zero-order valence-corrected chi connectivity index (χ0v) is 13.2. The molecule has 24 heavy (non-hydrogen) atoms. The lowest BCUT2D eigenvalue weighted by molar-refractivity contribution is -0.116. The van der Waals surface area contributed by atoms with Crippen molar-refractivity contribution in [3.05, 3.63) is 48.0 Å². The molecule has 1 heterocycles. The molecule has 0 fully saturated rings. The molecule has 0 aliphatic carbocycles. The van der Waals surface area contributed by atoms with E-state index in [1.165, 1.54) is 0 Å². The highest BCUT2D eigenvalue weighted by Gasteiger charge is 2.16. The number of nitriles is 1. The van der Waals surface area contributed by atoms with E-state index in [4.69, 9.17) is 14.7 Å². The van der Waals surface area contributed by atoms with Gasteiger partial charge in [-0.2, -0.15) is 5.26 Å². The maximum absolute atomic E-state index is 12.3. The lowest BCUT2D eigenvalue weighted by Gasteiger charge is -2.20. The van der Waals surface area contributed by atoms with E-state index in [1.807, 2.05) is 18.2 Å². The molecule has 1 atom stereocenters. The summed E-state index contributed by atoms with van der Waals surface area (Å²) in [5.41, 5.74) is 1.69. The summed E-state index contributed by atoms with van der Waals surface area (Å²) in [5.74, 6) is 1.13. The van der Waals surface area contributed by atoms with Crippen molar-refractivity contribution in [1.82, 2.24) is 0 Å². The van der Waals surface area contributed by atoms with Gasteiger partial charge in [-0.3, -0.25) is 4.79 Å². The average molecular weight is 323 g/mol. The first-order chi connectivity index (χ1) is 11.7. The molecule has 6 nitrogen and oxygen atoms in total. The van der Waals surface area contributed by atoms with Crippen LogP contribution in [0.2, 0.25) is 0 Å². The fourth-order valence-corrected chi connectivity index (χ4v) is 2.38. The van der Waals surface area contributed by atoms with Crippen molar-refractivity contribution in [1.29, 1.82) is 5.26 Å². The molecule has 3 rings (SSSR count). The van der Waals surface area contributed by atoms with Crippen LogP contribution in [0.15, 0.2) is 42.5 Å². The van der Waals surface area contributed by atoms with Gasteiger partial charge in [0.15, 0.2) is 11.5 Å². The van der Waals surface area contributed by atoms with Gasteiger partial charge in [0.2, 0.25) is 5.91 Å². The molecule has 2 aromatic rings. The van der Waals surface area contributed by atoms with Gasteiger partial charge in [-0.1, -0.05) is 12.1 Å². The normalized spacial score (nSPS) is 13.5. The molecule has 1 aliphatic heterocycles. The number of rotatable bonds is 4. The van der Waals surface area contributed by atoms with Crippen LogP contribution in [0.25, 0.3) is 0 Å². The van der Waals surface area contributed by atoms with E-state index in [9.17, 15) is 4.79 Å². The molecule has 0 spiro atoms. The number of para-hydroxylation sites is 1. The van der Waals surface area contributed by atoms with Crippen molar-refractivity contribution in [3.8, 4) is 17.6 Å². The molecule has 0 aromatic heterocycles. The summed E-state index contributed by atoms with van der Waals surface area (Å²) < 4.78 is 11.0. The quantitative estimate of drug-likeness (QED) is 0.904. The minimum absolute atomic E-state index is 0.229. The molecular weight excluding hydrogens is 306 g/mol. The molecule has 0 unspecified atom stereocenters. The number of anilines is 2. The third-order valence-electron chi connectivity index (χ3n) is 3.62. The van der Waals surface area contributed by atoms with Gasteiger partial charge in [0, 0.05) is 11.8 Å². The van der Waals surface area contributed by atoms with Crippen molar-refractivity contribution in [2.24, 2.45) is 0 Å². The third kappa shape index (κ3) is 3.41. The van der Waals surface area contributed by atoms with E-state index in [0.29, 0.717) is 36.0 Å². The monoisotopic (exact) mass is 323 g/mol. The van der Waals surface area contributed by atoms with Crippen LogP contribution in [0.4, 0.5) is 11.4 Å². The maximum atomic E-state index is 12.3. The summed E-state index contributed by atoms with van der Waals surface area (Å²) in [6.07, 6.45) is 0. The lowest BCUT2D eigenvalue weighted by atomic mass is 10.2. The van der Waals surface area contributed by atoms with E-state index < -0.39 is 6.04 Å². The van der Waals surface area contributed by atoms with Crippen LogP contribution in [0.3, 0.4) is 0 Å². The van der Waals surface area contributed by atoms with Crippen LogP contribution in [0.5, 0.6) is 11.5 Å². The summed E-state index contributed by atoms with van der Waals surface area (Å²) in [7, 11) is 0. The number of amides is 1. The fraction of sp³-hybridized carbons (Fsp3) is 0.222. The van der Waals surface area contributed by atoms with Gasteiger partial charge in [0.05, 0.1) is 11.3 Å². The topological polar surface area (TPSA) is 83.4 Å². The number of nitrogens with zero attached hydrogens (tertiary/aromatic N) is 1. The van der Waals surface area contributed by atoms with E-state index >= 15 is 0 Å². The zero-order chi connectivity index (χ0) is 16.9. The standard InChI is InChI=1S/C18H17N3O3/c1-12(18(22)21-15-5-3-2-4-13(15)11-19)20-14-6-7-16-17(10-14)24-9-8-23-16/h2-7,10,12,20H,8-9H2,1H3,(H,21,22)/t12-/m1/s1. The van der Waals surface area contributed by atoms with E-state index in [0.717, 1.165) is 5.69 Å². The molecular formula is C18H17N3O3. The number of benzene rings is 2. The highest BCUT2D eigenvalue weighted by Crippen LogP contribution is 2.32. The lowest BCUT2D eigenvalue weighted by Crippen LogP contribution is -2.32. The first-order valence-electron chi connectivity index (χ1n) is 7.63. The average Bonchev–Trinajstić information content (AvgIpc) is 2.62. The molecule has 0 bridgehead atoms.